The fourth-order valence-electron chi connectivity index (χ4n) is 1.67. The number of amides is 1. The molecule has 0 aromatic carbocycles. The molecule has 0 bridgehead atoms. The van der Waals surface area contributed by atoms with Gasteiger partial charge >= 0.3 is 5.97 Å². The number of carbonyl (C=O) groups excluding carboxylic acids is 1. The zero-order valence-corrected chi connectivity index (χ0v) is 10.7. The number of nitrogens with zero attached hydrogens (tertiary/aromatic N) is 1. The van der Waals surface area contributed by atoms with Crippen molar-refractivity contribution in [2.45, 2.75) is 6.10 Å². The van der Waals surface area contributed by atoms with E-state index in [-0.39, 0.29) is 34.9 Å². The summed E-state index contributed by atoms with van der Waals surface area (Å²) in [4.78, 5) is 26.9. The van der Waals surface area contributed by atoms with E-state index >= 15 is 0 Å². The number of aromatic nitrogens is 1. The molecule has 6 nitrogen and oxygen atoms in total. The normalized spacial score (nSPS) is 19.9. The van der Waals surface area contributed by atoms with Gasteiger partial charge in [-0.25, -0.2) is 4.79 Å². The zero-order valence-electron chi connectivity index (χ0n) is 9.15. The van der Waals surface area contributed by atoms with Crippen molar-refractivity contribution < 1.29 is 19.4 Å². The van der Waals surface area contributed by atoms with Gasteiger partial charge in [0.25, 0.3) is 5.91 Å². The second-order valence-electron chi connectivity index (χ2n) is 3.79. The van der Waals surface area contributed by atoms with Gasteiger partial charge in [-0.15, -0.1) is 0 Å². The van der Waals surface area contributed by atoms with Crippen LogP contribution in [0.2, 0.25) is 10.2 Å². The minimum atomic E-state index is -1.09. The number of carboxylic acid groups (broad SMARTS) is 1. The van der Waals surface area contributed by atoms with Gasteiger partial charge in [0.15, 0.2) is 6.10 Å². The molecule has 1 atom stereocenters. The van der Waals surface area contributed by atoms with Crippen LogP contribution >= 0.6 is 23.2 Å². The van der Waals surface area contributed by atoms with E-state index < -0.39 is 12.1 Å². The van der Waals surface area contributed by atoms with Crippen molar-refractivity contribution >= 4 is 35.1 Å². The van der Waals surface area contributed by atoms with Crippen LogP contribution in [0.1, 0.15) is 10.5 Å². The Labute approximate surface area is 112 Å². The van der Waals surface area contributed by atoms with Crippen molar-refractivity contribution in [3.8, 4) is 0 Å². The molecular weight excluding hydrogens is 283 g/mol. The largest absolute Gasteiger partial charge is 0.479 e. The van der Waals surface area contributed by atoms with Crippen LogP contribution in [0, 0.1) is 0 Å². The lowest BCUT2D eigenvalue weighted by atomic mass is 10.2. The molecule has 0 spiro atoms. The van der Waals surface area contributed by atoms with Crippen LogP contribution in [0.15, 0.2) is 6.07 Å². The third-order valence-electron chi connectivity index (χ3n) is 2.58. The lowest BCUT2D eigenvalue weighted by molar-refractivity contribution is -0.154. The molecule has 98 valence electrons. The zero-order chi connectivity index (χ0) is 13.3. The number of carboxylic acids is 1. The van der Waals surface area contributed by atoms with Crippen molar-refractivity contribution in [2.24, 2.45) is 0 Å². The summed E-state index contributed by atoms with van der Waals surface area (Å²) in [6, 6.07) is 1.41. The van der Waals surface area contributed by atoms with Gasteiger partial charge in [-0.05, 0) is 6.07 Å². The molecule has 0 radical (unpaired) electrons. The number of ether oxygens (including phenoxy) is 1. The monoisotopic (exact) mass is 292 g/mol. The SMILES string of the molecule is O=C(O)C1CN(C(=O)c2cc(Cl)c(Cl)[nH]2)CCO1. The summed E-state index contributed by atoms with van der Waals surface area (Å²) in [5.41, 5.74) is 0.232. The molecule has 2 heterocycles. The molecule has 2 rings (SSSR count). The maximum Gasteiger partial charge on any atom is 0.334 e. The van der Waals surface area contributed by atoms with Gasteiger partial charge in [0.1, 0.15) is 10.8 Å². The van der Waals surface area contributed by atoms with Crippen molar-refractivity contribution in [1.82, 2.24) is 9.88 Å². The predicted octanol–water partition coefficient (Wildman–Crippen LogP) is 1.25. The Morgan fingerprint density at radius 1 is 1.50 bits per heavy atom. The maximum atomic E-state index is 12.1. The van der Waals surface area contributed by atoms with Crippen molar-refractivity contribution in [3.63, 3.8) is 0 Å². The van der Waals surface area contributed by atoms with Crippen molar-refractivity contribution in [1.29, 1.82) is 0 Å². The number of aliphatic carboxylic acids is 1. The molecule has 0 aliphatic carbocycles. The minimum Gasteiger partial charge on any atom is -0.479 e. The third-order valence-corrected chi connectivity index (χ3v) is 3.28. The summed E-state index contributed by atoms with van der Waals surface area (Å²) >= 11 is 11.5. The van der Waals surface area contributed by atoms with Crippen LogP contribution in [0.5, 0.6) is 0 Å². The Hall–Kier alpha value is -1.24. The van der Waals surface area contributed by atoms with E-state index in [2.05, 4.69) is 4.98 Å². The first-order chi connectivity index (χ1) is 8.49. The second kappa shape index (κ2) is 5.17. The van der Waals surface area contributed by atoms with E-state index in [1.54, 1.807) is 0 Å². The summed E-state index contributed by atoms with van der Waals surface area (Å²) in [7, 11) is 0. The average Bonchev–Trinajstić information content (AvgIpc) is 2.69. The lowest BCUT2D eigenvalue weighted by Gasteiger charge is -2.30. The fourth-order valence-corrected chi connectivity index (χ4v) is 1.99. The molecule has 0 saturated carbocycles. The molecule has 1 fully saturated rings. The number of hydrogen-bond donors (Lipinski definition) is 2. The third kappa shape index (κ3) is 2.60. The van der Waals surface area contributed by atoms with Crippen LogP contribution in [-0.2, 0) is 9.53 Å². The van der Waals surface area contributed by atoms with Crippen LogP contribution < -0.4 is 0 Å². The topological polar surface area (TPSA) is 82.6 Å². The Morgan fingerprint density at radius 2 is 2.22 bits per heavy atom. The molecule has 8 heteroatoms. The van der Waals surface area contributed by atoms with Crippen LogP contribution in [0.25, 0.3) is 0 Å². The van der Waals surface area contributed by atoms with Gasteiger partial charge in [-0.1, -0.05) is 23.2 Å². The van der Waals surface area contributed by atoms with E-state index in [0.29, 0.717) is 6.54 Å². The molecule has 1 aliphatic rings. The highest BCUT2D eigenvalue weighted by Gasteiger charge is 2.30. The van der Waals surface area contributed by atoms with E-state index in [9.17, 15) is 9.59 Å². The van der Waals surface area contributed by atoms with E-state index in [1.165, 1.54) is 11.0 Å². The summed E-state index contributed by atoms with van der Waals surface area (Å²) < 4.78 is 5.03. The number of H-pyrrole nitrogens is 1. The molecule has 18 heavy (non-hydrogen) atoms. The molecule has 1 amide bonds. The van der Waals surface area contributed by atoms with Gasteiger partial charge in [0, 0.05) is 6.54 Å². The van der Waals surface area contributed by atoms with E-state index in [4.69, 9.17) is 33.0 Å². The molecule has 1 aromatic rings. The van der Waals surface area contributed by atoms with Crippen LogP contribution in [0.4, 0.5) is 0 Å². The first-order valence-electron chi connectivity index (χ1n) is 5.16. The molecule has 1 aliphatic heterocycles. The summed E-state index contributed by atoms with van der Waals surface area (Å²) in [5.74, 6) is -1.44. The Morgan fingerprint density at radius 3 is 2.78 bits per heavy atom. The summed E-state index contributed by atoms with van der Waals surface area (Å²) in [6.07, 6.45) is -0.997. The molecule has 1 aromatic heterocycles. The number of rotatable bonds is 2. The second-order valence-corrected chi connectivity index (χ2v) is 4.58. The average molecular weight is 293 g/mol. The minimum absolute atomic E-state index is 0.00241. The van der Waals surface area contributed by atoms with Gasteiger partial charge in [-0.2, -0.15) is 0 Å². The highest BCUT2D eigenvalue weighted by atomic mass is 35.5. The summed E-state index contributed by atoms with van der Waals surface area (Å²) in [6.45, 7) is 0.518. The highest BCUT2D eigenvalue weighted by molar-refractivity contribution is 6.41. The smallest absolute Gasteiger partial charge is 0.334 e. The lowest BCUT2D eigenvalue weighted by Crippen LogP contribution is -2.48. The number of halogens is 2. The molecule has 1 saturated heterocycles. The maximum absolute atomic E-state index is 12.1. The first-order valence-corrected chi connectivity index (χ1v) is 5.92. The predicted molar refractivity (Wildman–Crippen MR) is 64.1 cm³/mol. The molecule has 2 N–H and O–H groups in total. The van der Waals surface area contributed by atoms with E-state index in [1.807, 2.05) is 0 Å². The van der Waals surface area contributed by atoms with Gasteiger partial charge < -0.3 is 19.7 Å². The molecular formula is C10H10Cl2N2O4. The standard InChI is InChI=1S/C10H10Cl2N2O4/c11-5-3-6(13-8(5)12)9(15)14-1-2-18-7(4-14)10(16)17/h3,7,13H,1-2,4H2,(H,16,17). The van der Waals surface area contributed by atoms with Gasteiger partial charge in [-0.3, -0.25) is 4.79 Å². The number of morpholine rings is 1. The van der Waals surface area contributed by atoms with Gasteiger partial charge in [0.05, 0.1) is 18.2 Å². The molecule has 1 unspecified atom stereocenters. The summed E-state index contributed by atoms with van der Waals surface area (Å²) in [5, 5.41) is 9.28. The first kappa shape index (κ1) is 13.2. The van der Waals surface area contributed by atoms with Gasteiger partial charge in [0.2, 0.25) is 0 Å². The number of aromatic amines is 1. The Bertz CT molecular complexity index is 469. The van der Waals surface area contributed by atoms with Crippen LogP contribution in [-0.4, -0.2) is 52.7 Å². The number of hydrogen-bond acceptors (Lipinski definition) is 3. The van der Waals surface area contributed by atoms with Crippen molar-refractivity contribution in [2.75, 3.05) is 19.7 Å². The van der Waals surface area contributed by atoms with E-state index in [0.717, 1.165) is 0 Å². The Balaban J connectivity index is 2.11. The fraction of sp³-hybridized carbons (Fsp3) is 0.400. The quantitative estimate of drug-likeness (QED) is 0.859. The number of nitrogens with one attached hydrogen (secondary N) is 1. The Kier molecular flexibility index (Phi) is 3.79. The number of carbonyl (C=O) groups is 2. The van der Waals surface area contributed by atoms with Crippen molar-refractivity contribution in [3.05, 3.63) is 21.9 Å². The highest BCUT2D eigenvalue weighted by Crippen LogP contribution is 2.23. The van der Waals surface area contributed by atoms with Crippen LogP contribution in [0.3, 0.4) is 0 Å².